The van der Waals surface area contributed by atoms with Crippen molar-refractivity contribution in [3.8, 4) is 0 Å². The van der Waals surface area contributed by atoms with Crippen molar-refractivity contribution in [3.05, 3.63) is 60.7 Å². The number of hydrogen-bond donors (Lipinski definition) is 0. The zero-order chi connectivity index (χ0) is 8.93. The first-order valence-corrected chi connectivity index (χ1v) is 8.56. The van der Waals surface area contributed by atoms with Crippen molar-refractivity contribution >= 4 is 6.25 Å². The predicted molar refractivity (Wildman–Crippen MR) is 52.2 cm³/mol. The van der Waals surface area contributed by atoms with E-state index < -0.39 is 24.2 Å². The maximum atomic E-state index is 2.25. The van der Waals surface area contributed by atoms with Crippen LogP contribution < -0.4 is 6.25 Å². The molecule has 13 heavy (non-hydrogen) atoms. The van der Waals surface area contributed by atoms with Gasteiger partial charge in [-0.2, -0.15) is 0 Å². The van der Waals surface area contributed by atoms with Gasteiger partial charge in [0.15, 0.2) is 0 Å². The van der Waals surface area contributed by atoms with E-state index in [9.17, 15) is 0 Å². The van der Waals surface area contributed by atoms with Crippen LogP contribution in [0.1, 0.15) is 0 Å². The van der Waals surface area contributed by atoms with Gasteiger partial charge in [-0.15, -0.1) is 0 Å². The van der Waals surface area contributed by atoms with Gasteiger partial charge in [-0.05, 0) is 0 Å². The van der Waals surface area contributed by atoms with Gasteiger partial charge in [0.05, 0.1) is 0 Å². The molecule has 0 N–H and O–H groups in total. The number of rotatable bonds is 2. The Bertz CT molecular complexity index is 316. The number of benzene rings is 2. The van der Waals surface area contributed by atoms with Crippen molar-refractivity contribution in [3.63, 3.8) is 0 Å². The molecule has 2 aromatic rings. The summed E-state index contributed by atoms with van der Waals surface area (Å²) in [6.45, 7) is 0. The first-order chi connectivity index (χ1) is 6.45. The van der Waals surface area contributed by atoms with Crippen molar-refractivity contribution in [1.29, 1.82) is 0 Å². The Kier molecular flexibility index (Phi) is 3.13. The summed E-state index contributed by atoms with van der Waals surface area (Å²) in [5, 5.41) is 0. The monoisotopic (exact) mass is 268 g/mol. The maximum absolute atomic E-state index is 2.25. The first kappa shape index (κ1) is 8.94. The molecule has 0 spiro atoms. The fraction of sp³-hybridized carbons (Fsp3) is 0. The van der Waals surface area contributed by atoms with Crippen LogP contribution in [0.4, 0.5) is 0 Å². The van der Waals surface area contributed by atoms with E-state index in [1.54, 1.807) is 6.25 Å². The average molecular weight is 267 g/mol. The molecule has 0 radical (unpaired) electrons. The van der Waals surface area contributed by atoms with E-state index in [-0.39, 0.29) is 0 Å². The fourth-order valence-electron chi connectivity index (χ4n) is 1.43. The molecule has 0 atom stereocenters. The molecule has 0 unspecified atom stereocenters. The van der Waals surface area contributed by atoms with Gasteiger partial charge in [0, 0.05) is 0 Å². The van der Waals surface area contributed by atoms with Gasteiger partial charge in [-0.25, -0.2) is 0 Å². The Morgan fingerprint density at radius 2 is 0.923 bits per heavy atom. The molecule has 0 bridgehead atoms. The van der Waals surface area contributed by atoms with Crippen molar-refractivity contribution < 1.29 is 24.2 Å². The second-order valence-electron chi connectivity index (χ2n) is 3.15. The average Bonchev–Trinajstić information content (AvgIpc) is 2.21. The third kappa shape index (κ3) is 2.66. The molecule has 0 heterocycles. The summed E-state index contributed by atoms with van der Waals surface area (Å²) in [7, 11) is 0. The van der Waals surface area contributed by atoms with E-state index in [1.807, 2.05) is 0 Å². The van der Waals surface area contributed by atoms with Gasteiger partial charge in [0.25, 0.3) is 0 Å². The van der Waals surface area contributed by atoms with Crippen molar-refractivity contribution in [2.75, 3.05) is 0 Å². The van der Waals surface area contributed by atoms with Crippen LogP contribution in [0.25, 0.3) is 0 Å². The molecular formula is C12H10Cd. The second-order valence-corrected chi connectivity index (χ2v) is 8.82. The van der Waals surface area contributed by atoms with E-state index in [0.717, 1.165) is 0 Å². The molecule has 0 saturated carbocycles. The van der Waals surface area contributed by atoms with Gasteiger partial charge in [0.1, 0.15) is 0 Å². The molecule has 0 saturated heterocycles. The summed E-state index contributed by atoms with van der Waals surface area (Å²) >= 11 is -0.881. The summed E-state index contributed by atoms with van der Waals surface area (Å²) < 4.78 is 3.16. The first-order valence-electron chi connectivity index (χ1n) is 4.53. The summed E-state index contributed by atoms with van der Waals surface area (Å²) in [5.41, 5.74) is 0. The Labute approximate surface area is 90.8 Å². The molecule has 0 amide bonds. The van der Waals surface area contributed by atoms with Crippen LogP contribution in [0.3, 0.4) is 0 Å². The minimum absolute atomic E-state index is 0.881. The Hall–Kier alpha value is -0.638. The molecular weight excluding hydrogens is 257 g/mol. The molecule has 1 heteroatoms. The Balaban J connectivity index is 2.16. The second kappa shape index (κ2) is 4.56. The number of hydrogen-bond acceptors (Lipinski definition) is 0. The topological polar surface area (TPSA) is 0 Å². The third-order valence-corrected chi connectivity index (χ3v) is 7.12. The van der Waals surface area contributed by atoms with Crippen molar-refractivity contribution in [2.24, 2.45) is 0 Å². The zero-order valence-corrected chi connectivity index (χ0v) is 11.5. The fourth-order valence-corrected chi connectivity index (χ4v) is 5.67. The molecule has 0 aliphatic heterocycles. The quantitative estimate of drug-likeness (QED) is 0.726. The normalized spacial score (nSPS) is 9.23. The zero-order valence-electron chi connectivity index (χ0n) is 7.48. The van der Waals surface area contributed by atoms with E-state index in [1.165, 1.54) is 0 Å². The van der Waals surface area contributed by atoms with Gasteiger partial charge >= 0.3 is 91.1 Å². The van der Waals surface area contributed by atoms with E-state index in [2.05, 4.69) is 60.7 Å². The van der Waals surface area contributed by atoms with Crippen LogP contribution in [0.15, 0.2) is 60.7 Å². The van der Waals surface area contributed by atoms with E-state index >= 15 is 0 Å². The van der Waals surface area contributed by atoms with Gasteiger partial charge in [-0.1, -0.05) is 0 Å². The molecule has 0 aromatic heterocycles. The SMILES string of the molecule is c1cc[c]([Cd][c]2ccccc2)cc1. The van der Waals surface area contributed by atoms with Crippen LogP contribution in [-0.2, 0) is 24.2 Å². The standard InChI is InChI=1S/2C6H5.Cd/c2*1-2-4-6-5-3-1;/h2*1-5H;. The summed E-state index contributed by atoms with van der Waals surface area (Å²) in [5.74, 6) is 0. The van der Waals surface area contributed by atoms with Gasteiger partial charge < -0.3 is 0 Å². The van der Waals surface area contributed by atoms with E-state index in [4.69, 9.17) is 0 Å². The molecule has 2 aromatic carbocycles. The van der Waals surface area contributed by atoms with Crippen LogP contribution in [0, 0.1) is 0 Å². The molecule has 0 nitrogen and oxygen atoms in total. The van der Waals surface area contributed by atoms with E-state index in [0.29, 0.717) is 0 Å². The van der Waals surface area contributed by atoms with Crippen LogP contribution in [0.2, 0.25) is 0 Å². The predicted octanol–water partition coefficient (Wildman–Crippen LogP) is 1.72. The van der Waals surface area contributed by atoms with Crippen LogP contribution in [0.5, 0.6) is 0 Å². The van der Waals surface area contributed by atoms with Crippen LogP contribution >= 0.6 is 0 Å². The molecule has 0 aliphatic carbocycles. The molecule has 2 rings (SSSR count). The molecule has 60 valence electrons. The summed E-state index contributed by atoms with van der Waals surface area (Å²) in [4.78, 5) is 0. The molecule has 0 aliphatic rings. The summed E-state index contributed by atoms with van der Waals surface area (Å²) in [6, 6.07) is 21.7. The summed E-state index contributed by atoms with van der Waals surface area (Å²) in [6.07, 6.45) is 0. The minimum atomic E-state index is -0.881. The Morgan fingerprint density at radius 1 is 0.538 bits per heavy atom. The van der Waals surface area contributed by atoms with Gasteiger partial charge in [0.2, 0.25) is 0 Å². The van der Waals surface area contributed by atoms with Gasteiger partial charge in [-0.3, -0.25) is 0 Å². The van der Waals surface area contributed by atoms with Crippen molar-refractivity contribution in [2.45, 2.75) is 0 Å². The van der Waals surface area contributed by atoms with Crippen molar-refractivity contribution in [1.82, 2.24) is 0 Å². The van der Waals surface area contributed by atoms with Crippen LogP contribution in [-0.4, -0.2) is 0 Å². The Morgan fingerprint density at radius 3 is 1.31 bits per heavy atom. The third-order valence-electron chi connectivity index (χ3n) is 2.09. The molecule has 0 fully saturated rings.